The molecule has 1 saturated heterocycles. The Balaban J connectivity index is 1.50. The van der Waals surface area contributed by atoms with E-state index in [4.69, 9.17) is 0 Å². The van der Waals surface area contributed by atoms with E-state index in [2.05, 4.69) is 10.6 Å². The average Bonchev–Trinajstić information content (AvgIpc) is 3.11. The van der Waals surface area contributed by atoms with Crippen molar-refractivity contribution in [3.05, 3.63) is 71.0 Å². The summed E-state index contributed by atoms with van der Waals surface area (Å²) in [5.74, 6) is -0.0917. The van der Waals surface area contributed by atoms with Gasteiger partial charge in [-0.1, -0.05) is 36.4 Å². The van der Waals surface area contributed by atoms with E-state index >= 15 is 0 Å². The number of carbonyl (C=O) groups excluding carboxylic acids is 2. The Labute approximate surface area is 177 Å². The van der Waals surface area contributed by atoms with Crippen LogP contribution in [0.3, 0.4) is 0 Å². The first-order valence-electron chi connectivity index (χ1n) is 10.2. The predicted octanol–water partition coefficient (Wildman–Crippen LogP) is 3.05. The normalized spacial score (nSPS) is 14.8. The topological polar surface area (TPSA) is 64.7 Å². The van der Waals surface area contributed by atoms with Crippen LogP contribution >= 0.6 is 0 Å². The molecule has 0 aromatic heterocycles. The van der Waals surface area contributed by atoms with Gasteiger partial charge in [0.15, 0.2) is 0 Å². The molecule has 0 spiro atoms. The fraction of sp³-hybridized carbons (Fsp3) is 0.391. The van der Waals surface area contributed by atoms with Crippen LogP contribution in [0.4, 0.5) is 9.18 Å². The number of likely N-dealkylation sites (tertiary alicyclic amines) is 1. The lowest BCUT2D eigenvalue weighted by atomic mass is 10.1. The highest BCUT2D eigenvalue weighted by atomic mass is 19.1. The summed E-state index contributed by atoms with van der Waals surface area (Å²) in [4.78, 5) is 27.9. The molecule has 6 nitrogen and oxygen atoms in total. The van der Waals surface area contributed by atoms with Gasteiger partial charge in [-0.3, -0.25) is 4.79 Å². The lowest BCUT2D eigenvalue weighted by molar-refractivity contribution is -0.128. The molecule has 3 amide bonds. The van der Waals surface area contributed by atoms with Crippen LogP contribution in [0.1, 0.15) is 35.6 Å². The van der Waals surface area contributed by atoms with Crippen LogP contribution < -0.4 is 10.6 Å². The Hall–Kier alpha value is -2.93. The molecule has 2 aromatic carbocycles. The smallest absolute Gasteiger partial charge is 0.315 e. The third kappa shape index (κ3) is 6.03. The van der Waals surface area contributed by atoms with Gasteiger partial charge in [-0.2, -0.15) is 0 Å². The summed E-state index contributed by atoms with van der Waals surface area (Å²) in [5.41, 5.74) is 2.84. The summed E-state index contributed by atoms with van der Waals surface area (Å²) in [5, 5.41) is 5.73. The highest BCUT2D eigenvalue weighted by Gasteiger charge is 2.20. The molecule has 2 N–H and O–H groups in total. The number of halogens is 1. The van der Waals surface area contributed by atoms with Gasteiger partial charge in [0.1, 0.15) is 5.82 Å². The predicted molar refractivity (Wildman–Crippen MR) is 114 cm³/mol. The van der Waals surface area contributed by atoms with E-state index in [9.17, 15) is 14.0 Å². The molecule has 0 bridgehead atoms. The second kappa shape index (κ2) is 10.2. The largest absolute Gasteiger partial charge is 0.338 e. The maximum Gasteiger partial charge on any atom is 0.315 e. The molecule has 30 heavy (non-hydrogen) atoms. The standard InChI is InChI=1S/C23H29FN4O2/c1-27(2)21(19-8-4-9-20(24)13-19)15-26-23(30)25-14-17-6-3-7-18(12-17)16-28-11-5-10-22(28)29/h3-4,6-9,12-13,21H,5,10-11,14-16H2,1-2H3,(H2,25,26,30). The minimum atomic E-state index is -0.292. The van der Waals surface area contributed by atoms with E-state index in [1.165, 1.54) is 12.1 Å². The van der Waals surface area contributed by atoms with Crippen LogP contribution in [0.2, 0.25) is 0 Å². The number of nitrogens with one attached hydrogen (secondary N) is 2. The van der Waals surface area contributed by atoms with Gasteiger partial charge in [-0.25, -0.2) is 9.18 Å². The monoisotopic (exact) mass is 412 g/mol. The molecule has 7 heteroatoms. The molecular weight excluding hydrogens is 383 g/mol. The molecule has 160 valence electrons. The first-order valence-corrected chi connectivity index (χ1v) is 10.2. The minimum absolute atomic E-state index is 0.132. The molecule has 1 fully saturated rings. The molecule has 1 aliphatic rings. The van der Waals surface area contributed by atoms with Crippen molar-refractivity contribution in [1.29, 1.82) is 0 Å². The number of urea groups is 1. The van der Waals surface area contributed by atoms with Crippen molar-refractivity contribution < 1.29 is 14.0 Å². The van der Waals surface area contributed by atoms with Crippen LogP contribution in [-0.2, 0) is 17.9 Å². The highest BCUT2D eigenvalue weighted by molar-refractivity contribution is 5.78. The summed E-state index contributed by atoms with van der Waals surface area (Å²) in [6, 6.07) is 13.9. The lowest BCUT2D eigenvalue weighted by Gasteiger charge is -2.25. The Morgan fingerprint density at radius 3 is 2.60 bits per heavy atom. The second-order valence-electron chi connectivity index (χ2n) is 7.84. The zero-order chi connectivity index (χ0) is 21.5. The summed E-state index contributed by atoms with van der Waals surface area (Å²) >= 11 is 0. The fourth-order valence-electron chi connectivity index (χ4n) is 3.68. The van der Waals surface area contributed by atoms with Crippen molar-refractivity contribution in [1.82, 2.24) is 20.4 Å². The van der Waals surface area contributed by atoms with Gasteiger partial charge in [0.05, 0.1) is 6.04 Å². The average molecular weight is 413 g/mol. The molecule has 1 atom stereocenters. The van der Waals surface area contributed by atoms with Gasteiger partial charge in [0.25, 0.3) is 0 Å². The first kappa shape index (κ1) is 21.8. The Bertz CT molecular complexity index is 887. The van der Waals surface area contributed by atoms with Gasteiger partial charge in [0.2, 0.25) is 5.91 Å². The first-order chi connectivity index (χ1) is 14.4. The zero-order valence-corrected chi connectivity index (χ0v) is 17.5. The molecule has 0 aliphatic carbocycles. The maximum absolute atomic E-state index is 13.5. The van der Waals surface area contributed by atoms with Crippen molar-refractivity contribution in [2.75, 3.05) is 27.2 Å². The molecule has 0 radical (unpaired) electrons. The number of rotatable bonds is 8. The number of amides is 3. The van der Waals surface area contributed by atoms with Crippen molar-refractivity contribution >= 4 is 11.9 Å². The molecule has 1 aliphatic heterocycles. The number of hydrogen-bond acceptors (Lipinski definition) is 3. The zero-order valence-electron chi connectivity index (χ0n) is 17.5. The van der Waals surface area contributed by atoms with Crippen LogP contribution in [0.25, 0.3) is 0 Å². The number of benzene rings is 2. The maximum atomic E-state index is 13.5. The van der Waals surface area contributed by atoms with Crippen LogP contribution in [-0.4, -0.2) is 48.9 Å². The Kier molecular flexibility index (Phi) is 7.41. The number of hydrogen-bond donors (Lipinski definition) is 2. The Morgan fingerprint density at radius 2 is 1.90 bits per heavy atom. The highest BCUT2D eigenvalue weighted by Crippen LogP contribution is 2.18. The van der Waals surface area contributed by atoms with Gasteiger partial charge in [-0.05, 0) is 49.3 Å². The van der Waals surface area contributed by atoms with Gasteiger partial charge < -0.3 is 20.4 Å². The van der Waals surface area contributed by atoms with E-state index < -0.39 is 0 Å². The van der Waals surface area contributed by atoms with Crippen molar-refractivity contribution in [3.63, 3.8) is 0 Å². The van der Waals surface area contributed by atoms with Crippen LogP contribution in [0.15, 0.2) is 48.5 Å². The molecule has 0 saturated carbocycles. The van der Waals surface area contributed by atoms with Crippen molar-refractivity contribution in [2.24, 2.45) is 0 Å². The van der Waals surface area contributed by atoms with Gasteiger partial charge in [-0.15, -0.1) is 0 Å². The minimum Gasteiger partial charge on any atom is -0.338 e. The lowest BCUT2D eigenvalue weighted by Crippen LogP contribution is -2.40. The van der Waals surface area contributed by atoms with E-state index in [1.807, 2.05) is 54.2 Å². The summed E-state index contributed by atoms with van der Waals surface area (Å²) in [6.07, 6.45) is 1.55. The molecule has 2 aromatic rings. The molecular formula is C23H29FN4O2. The quantitative estimate of drug-likeness (QED) is 0.701. The van der Waals surface area contributed by atoms with E-state index in [0.717, 1.165) is 29.7 Å². The molecule has 1 heterocycles. The van der Waals surface area contributed by atoms with E-state index in [-0.39, 0.29) is 23.8 Å². The second-order valence-corrected chi connectivity index (χ2v) is 7.84. The third-order valence-corrected chi connectivity index (χ3v) is 5.30. The summed E-state index contributed by atoms with van der Waals surface area (Å²) < 4.78 is 13.5. The van der Waals surface area contributed by atoms with E-state index in [1.54, 1.807) is 6.07 Å². The third-order valence-electron chi connectivity index (χ3n) is 5.30. The van der Waals surface area contributed by atoms with Crippen molar-refractivity contribution in [2.45, 2.75) is 32.0 Å². The number of carbonyl (C=O) groups is 2. The Morgan fingerprint density at radius 1 is 1.13 bits per heavy atom. The number of likely N-dealkylation sites (N-methyl/N-ethyl adjacent to an activating group) is 1. The van der Waals surface area contributed by atoms with E-state index in [0.29, 0.717) is 26.1 Å². The molecule has 1 unspecified atom stereocenters. The SMILES string of the molecule is CN(C)C(CNC(=O)NCc1cccc(CN2CCCC2=O)c1)c1cccc(F)c1. The summed E-state index contributed by atoms with van der Waals surface area (Å²) in [7, 11) is 3.79. The summed E-state index contributed by atoms with van der Waals surface area (Å²) in [6.45, 7) is 2.17. The molecule has 3 rings (SSSR count). The van der Waals surface area contributed by atoms with Crippen LogP contribution in [0.5, 0.6) is 0 Å². The number of nitrogens with zero attached hydrogens (tertiary/aromatic N) is 2. The van der Waals surface area contributed by atoms with Gasteiger partial charge in [0, 0.05) is 32.6 Å². The van der Waals surface area contributed by atoms with Crippen LogP contribution in [0, 0.1) is 5.82 Å². The van der Waals surface area contributed by atoms with Gasteiger partial charge >= 0.3 is 6.03 Å². The fourth-order valence-corrected chi connectivity index (χ4v) is 3.68. The van der Waals surface area contributed by atoms with Crippen molar-refractivity contribution in [3.8, 4) is 0 Å².